The third-order valence-corrected chi connectivity index (χ3v) is 2.45. The summed E-state index contributed by atoms with van der Waals surface area (Å²) in [6.45, 7) is 1.19. The minimum atomic E-state index is -0.913. The number of benzene rings is 1. The molecule has 0 heterocycles. The predicted octanol–water partition coefficient (Wildman–Crippen LogP) is 0.765. The fourth-order valence-corrected chi connectivity index (χ4v) is 1.42. The van der Waals surface area contributed by atoms with Crippen LogP contribution >= 0.6 is 0 Å². The van der Waals surface area contributed by atoms with Crippen LogP contribution in [0, 0.1) is 0 Å². The number of aliphatic carboxylic acids is 1. The summed E-state index contributed by atoms with van der Waals surface area (Å²) in [6, 6.07) is 8.76. The molecule has 0 spiro atoms. The van der Waals surface area contributed by atoms with E-state index in [9.17, 15) is 4.79 Å². The van der Waals surface area contributed by atoms with E-state index in [-0.39, 0.29) is 0 Å². The van der Waals surface area contributed by atoms with Crippen molar-refractivity contribution in [3.8, 4) is 0 Å². The molecule has 0 bridgehead atoms. The molecule has 0 saturated carbocycles. The van der Waals surface area contributed by atoms with E-state index in [4.69, 9.17) is 9.94 Å². The Morgan fingerprint density at radius 3 is 2.61 bits per heavy atom. The van der Waals surface area contributed by atoms with Gasteiger partial charge in [0.15, 0.2) is 0 Å². The van der Waals surface area contributed by atoms with Crippen LogP contribution in [0.15, 0.2) is 30.3 Å². The highest BCUT2D eigenvalue weighted by atomic mass is 16.6. The van der Waals surface area contributed by atoms with Crippen LogP contribution in [0.3, 0.4) is 0 Å². The molecule has 0 unspecified atom stereocenters. The number of carboxylic acid groups (broad SMARTS) is 1. The first kappa shape index (κ1) is 14.6. The summed E-state index contributed by atoms with van der Waals surface area (Å²) in [5, 5.41) is 9.09. The van der Waals surface area contributed by atoms with Crippen LogP contribution in [0.2, 0.25) is 0 Å². The van der Waals surface area contributed by atoms with Crippen LogP contribution in [0.5, 0.6) is 0 Å². The maximum atomic E-state index is 11.1. The van der Waals surface area contributed by atoms with Gasteiger partial charge in [-0.05, 0) is 19.7 Å². The number of nitrogens with one attached hydrogen (secondary N) is 1. The van der Waals surface area contributed by atoms with Gasteiger partial charge in [0.2, 0.25) is 0 Å². The maximum absolute atomic E-state index is 11.1. The molecule has 0 aromatic heterocycles. The fraction of sp³-hybridized carbons (Fsp3) is 0.462. The number of rotatable bonds is 8. The van der Waals surface area contributed by atoms with E-state index in [0.717, 1.165) is 12.1 Å². The van der Waals surface area contributed by atoms with Crippen LogP contribution in [0.4, 0.5) is 0 Å². The number of carbonyl (C=O) groups is 1. The molecular formula is C13H20N2O3. The minimum absolute atomic E-state index is 0.401. The molecule has 5 nitrogen and oxygen atoms in total. The molecule has 1 aromatic carbocycles. The van der Waals surface area contributed by atoms with Crippen LogP contribution in [-0.4, -0.2) is 49.3 Å². The lowest BCUT2D eigenvalue weighted by Gasteiger charge is -2.15. The molecule has 0 aliphatic rings. The lowest BCUT2D eigenvalue weighted by atomic mass is 10.1. The average Bonchev–Trinajstić information content (AvgIpc) is 2.33. The summed E-state index contributed by atoms with van der Waals surface area (Å²) in [5.41, 5.74) is 3.56. The Morgan fingerprint density at radius 1 is 1.39 bits per heavy atom. The molecule has 0 saturated heterocycles. The highest BCUT2D eigenvalue weighted by Gasteiger charge is 2.17. The topological polar surface area (TPSA) is 61.8 Å². The van der Waals surface area contributed by atoms with Gasteiger partial charge in [-0.25, -0.2) is 0 Å². The van der Waals surface area contributed by atoms with Gasteiger partial charge < -0.3 is 10.0 Å². The van der Waals surface area contributed by atoms with Crippen LogP contribution in [-0.2, 0) is 16.1 Å². The van der Waals surface area contributed by atoms with E-state index in [1.807, 2.05) is 49.3 Å². The normalized spacial score (nSPS) is 12.6. The van der Waals surface area contributed by atoms with E-state index in [1.165, 1.54) is 0 Å². The Kier molecular flexibility index (Phi) is 6.35. The number of nitrogens with zero attached hydrogens (tertiary/aromatic N) is 1. The molecule has 0 fully saturated rings. The van der Waals surface area contributed by atoms with Gasteiger partial charge in [-0.15, -0.1) is 0 Å². The number of likely N-dealkylation sites (N-methyl/N-ethyl adjacent to an activating group) is 1. The first-order valence-electron chi connectivity index (χ1n) is 5.88. The molecule has 1 aromatic rings. The Balaban J connectivity index is 2.39. The van der Waals surface area contributed by atoms with Gasteiger partial charge >= 0.3 is 5.97 Å². The van der Waals surface area contributed by atoms with Crippen molar-refractivity contribution in [2.45, 2.75) is 12.5 Å². The Labute approximate surface area is 107 Å². The quantitative estimate of drug-likeness (QED) is 0.528. The van der Waals surface area contributed by atoms with Gasteiger partial charge in [-0.2, -0.15) is 5.48 Å². The van der Waals surface area contributed by atoms with E-state index in [0.29, 0.717) is 13.0 Å². The van der Waals surface area contributed by atoms with Crippen molar-refractivity contribution >= 4 is 5.97 Å². The summed E-state index contributed by atoms with van der Waals surface area (Å²) in [7, 11) is 3.87. The predicted molar refractivity (Wildman–Crippen MR) is 69.2 cm³/mol. The first-order chi connectivity index (χ1) is 8.59. The summed E-state index contributed by atoms with van der Waals surface area (Å²) in [5.74, 6) is -0.913. The van der Waals surface area contributed by atoms with Crippen molar-refractivity contribution in [3.05, 3.63) is 35.9 Å². The van der Waals surface area contributed by atoms with Crippen LogP contribution < -0.4 is 5.48 Å². The molecule has 0 aliphatic heterocycles. The van der Waals surface area contributed by atoms with E-state index in [2.05, 4.69) is 5.48 Å². The molecule has 18 heavy (non-hydrogen) atoms. The van der Waals surface area contributed by atoms with Gasteiger partial charge in [0.1, 0.15) is 6.04 Å². The van der Waals surface area contributed by atoms with E-state index in [1.54, 1.807) is 0 Å². The fourth-order valence-electron chi connectivity index (χ4n) is 1.42. The van der Waals surface area contributed by atoms with Gasteiger partial charge in [0, 0.05) is 13.0 Å². The van der Waals surface area contributed by atoms with E-state index >= 15 is 0 Å². The van der Waals surface area contributed by atoms with Crippen molar-refractivity contribution in [1.29, 1.82) is 0 Å². The highest BCUT2D eigenvalue weighted by Crippen LogP contribution is 2.03. The largest absolute Gasteiger partial charge is 0.480 e. The zero-order valence-electron chi connectivity index (χ0n) is 10.8. The molecule has 100 valence electrons. The molecule has 0 radical (unpaired) electrons. The van der Waals surface area contributed by atoms with Crippen molar-refractivity contribution in [3.63, 3.8) is 0 Å². The summed E-state index contributed by atoms with van der Waals surface area (Å²) in [4.78, 5) is 18.2. The third kappa shape index (κ3) is 5.77. The van der Waals surface area contributed by atoms with Gasteiger partial charge in [0.25, 0.3) is 0 Å². The molecule has 2 N–H and O–H groups in total. The number of carboxylic acids is 1. The van der Waals surface area contributed by atoms with Crippen LogP contribution in [0.25, 0.3) is 0 Å². The second-order valence-electron chi connectivity index (χ2n) is 4.35. The molecule has 5 heteroatoms. The van der Waals surface area contributed by atoms with Crippen molar-refractivity contribution in [2.24, 2.45) is 0 Å². The van der Waals surface area contributed by atoms with E-state index < -0.39 is 12.0 Å². The second-order valence-corrected chi connectivity index (χ2v) is 4.35. The molecule has 1 atom stereocenters. The van der Waals surface area contributed by atoms with Crippen molar-refractivity contribution in [1.82, 2.24) is 10.4 Å². The number of hydrogen-bond acceptors (Lipinski definition) is 4. The monoisotopic (exact) mass is 252 g/mol. The smallest absolute Gasteiger partial charge is 0.323 e. The molecule has 0 aliphatic carbocycles. The summed E-state index contributed by atoms with van der Waals surface area (Å²) in [6.07, 6.45) is 0.401. The Bertz CT molecular complexity index is 355. The molecular weight excluding hydrogens is 232 g/mol. The second kappa shape index (κ2) is 7.81. The standard InChI is InChI=1S/C13H20N2O3/c1-15(2)8-9-18-14-12(13(16)17)10-11-6-4-3-5-7-11/h3-7,12,14H,8-10H2,1-2H3,(H,16,17)/t12-/m0/s1. The summed E-state index contributed by atoms with van der Waals surface area (Å²) >= 11 is 0. The molecule has 1 rings (SSSR count). The average molecular weight is 252 g/mol. The van der Waals surface area contributed by atoms with Gasteiger partial charge in [-0.1, -0.05) is 30.3 Å². The van der Waals surface area contributed by atoms with Crippen LogP contribution in [0.1, 0.15) is 5.56 Å². The first-order valence-corrected chi connectivity index (χ1v) is 5.88. The van der Waals surface area contributed by atoms with Crippen molar-refractivity contribution < 1.29 is 14.7 Å². The number of hydroxylamine groups is 1. The zero-order chi connectivity index (χ0) is 13.4. The van der Waals surface area contributed by atoms with Crippen molar-refractivity contribution in [2.75, 3.05) is 27.2 Å². The third-order valence-electron chi connectivity index (χ3n) is 2.45. The minimum Gasteiger partial charge on any atom is -0.480 e. The Morgan fingerprint density at radius 2 is 2.06 bits per heavy atom. The molecule has 0 amide bonds. The highest BCUT2D eigenvalue weighted by molar-refractivity contribution is 5.73. The SMILES string of the molecule is CN(C)CCON[C@@H](Cc1ccccc1)C(=O)O. The maximum Gasteiger partial charge on any atom is 0.323 e. The van der Waals surface area contributed by atoms with Gasteiger partial charge in [-0.3, -0.25) is 9.63 Å². The number of hydrogen-bond donors (Lipinski definition) is 2. The lowest BCUT2D eigenvalue weighted by Crippen LogP contribution is -2.39. The Hall–Kier alpha value is -1.43. The summed E-state index contributed by atoms with van der Waals surface area (Å²) < 4.78 is 0. The lowest BCUT2D eigenvalue weighted by molar-refractivity contribution is -0.144. The van der Waals surface area contributed by atoms with Gasteiger partial charge in [0.05, 0.1) is 6.61 Å². The zero-order valence-corrected chi connectivity index (χ0v) is 10.8.